The number of ether oxygens (including phenoxy) is 1. The van der Waals surface area contributed by atoms with E-state index in [1.807, 2.05) is 19.1 Å². The number of hydrogen-bond acceptors (Lipinski definition) is 2. The molecular formula is C22H27FO2. The largest absolute Gasteiger partial charge is 0.494 e. The standard InChI is InChI=1S/C22H27FO2/c1-4-25-16-8-10-21(23)19(13-16)17-9-7-15(14-24)12-18(17)20-6-5-11-22(20,2)3/h7-10,12-13,20,24H,4-6,11,14H2,1-3H3/t20-/m1/s1. The molecule has 0 unspecified atom stereocenters. The first-order valence-corrected chi connectivity index (χ1v) is 9.12. The van der Waals surface area contributed by atoms with E-state index in [0.29, 0.717) is 23.8 Å². The predicted molar refractivity (Wildman–Crippen MR) is 99.3 cm³/mol. The smallest absolute Gasteiger partial charge is 0.131 e. The molecular weight excluding hydrogens is 315 g/mol. The maximum Gasteiger partial charge on any atom is 0.131 e. The van der Waals surface area contributed by atoms with E-state index in [0.717, 1.165) is 23.1 Å². The average molecular weight is 342 g/mol. The van der Waals surface area contributed by atoms with Gasteiger partial charge in [0.05, 0.1) is 13.2 Å². The van der Waals surface area contributed by atoms with E-state index < -0.39 is 0 Å². The lowest BCUT2D eigenvalue weighted by atomic mass is 9.75. The first kappa shape index (κ1) is 17.9. The van der Waals surface area contributed by atoms with Gasteiger partial charge in [0.2, 0.25) is 0 Å². The summed E-state index contributed by atoms with van der Waals surface area (Å²) in [7, 11) is 0. The van der Waals surface area contributed by atoms with Crippen LogP contribution >= 0.6 is 0 Å². The number of rotatable bonds is 5. The van der Waals surface area contributed by atoms with E-state index >= 15 is 0 Å². The second-order valence-corrected chi connectivity index (χ2v) is 7.59. The van der Waals surface area contributed by atoms with Gasteiger partial charge in [-0.1, -0.05) is 38.5 Å². The fraction of sp³-hybridized carbons (Fsp3) is 0.455. The third-order valence-corrected chi connectivity index (χ3v) is 5.47. The van der Waals surface area contributed by atoms with Crippen molar-refractivity contribution in [2.45, 2.75) is 52.6 Å². The van der Waals surface area contributed by atoms with Crippen LogP contribution in [-0.4, -0.2) is 11.7 Å². The van der Waals surface area contributed by atoms with Crippen LogP contribution < -0.4 is 4.74 Å². The van der Waals surface area contributed by atoms with Gasteiger partial charge in [0.25, 0.3) is 0 Å². The van der Waals surface area contributed by atoms with E-state index in [1.165, 1.54) is 18.9 Å². The van der Waals surface area contributed by atoms with Gasteiger partial charge in [0.15, 0.2) is 0 Å². The SMILES string of the molecule is CCOc1ccc(F)c(-c2ccc(CO)cc2[C@H]2CCCC2(C)C)c1. The maximum atomic E-state index is 14.6. The van der Waals surface area contributed by atoms with Gasteiger partial charge in [-0.15, -0.1) is 0 Å². The van der Waals surface area contributed by atoms with Crippen LogP contribution in [0.25, 0.3) is 11.1 Å². The highest BCUT2D eigenvalue weighted by Gasteiger charge is 2.37. The van der Waals surface area contributed by atoms with E-state index in [9.17, 15) is 9.50 Å². The van der Waals surface area contributed by atoms with Crippen molar-refractivity contribution in [3.63, 3.8) is 0 Å². The summed E-state index contributed by atoms with van der Waals surface area (Å²) in [5.41, 5.74) is 3.69. The van der Waals surface area contributed by atoms with Crippen LogP contribution in [-0.2, 0) is 6.61 Å². The molecule has 0 heterocycles. The summed E-state index contributed by atoms with van der Waals surface area (Å²) in [5, 5.41) is 9.57. The molecule has 0 saturated heterocycles. The summed E-state index contributed by atoms with van der Waals surface area (Å²) in [5.74, 6) is 0.808. The zero-order valence-corrected chi connectivity index (χ0v) is 15.3. The molecule has 0 spiro atoms. The molecule has 1 aliphatic rings. The Kier molecular flexibility index (Phi) is 5.14. The fourth-order valence-electron chi connectivity index (χ4n) is 4.11. The normalized spacial score (nSPS) is 19.2. The summed E-state index contributed by atoms with van der Waals surface area (Å²) in [4.78, 5) is 0. The van der Waals surface area contributed by atoms with Gasteiger partial charge in [-0.05, 0) is 66.0 Å². The van der Waals surface area contributed by atoms with Crippen LogP contribution in [0.4, 0.5) is 4.39 Å². The van der Waals surface area contributed by atoms with E-state index in [2.05, 4.69) is 19.9 Å². The molecule has 3 rings (SSSR count). The molecule has 25 heavy (non-hydrogen) atoms. The summed E-state index contributed by atoms with van der Waals surface area (Å²) in [6.07, 6.45) is 3.45. The minimum absolute atomic E-state index is 0.00188. The fourth-order valence-corrected chi connectivity index (χ4v) is 4.11. The average Bonchev–Trinajstić information content (AvgIpc) is 2.95. The van der Waals surface area contributed by atoms with E-state index in [-0.39, 0.29) is 17.8 Å². The van der Waals surface area contributed by atoms with Crippen LogP contribution in [0.2, 0.25) is 0 Å². The maximum absolute atomic E-state index is 14.6. The lowest BCUT2D eigenvalue weighted by Crippen LogP contribution is -2.16. The Morgan fingerprint density at radius 1 is 1.16 bits per heavy atom. The van der Waals surface area contributed by atoms with E-state index in [1.54, 1.807) is 12.1 Å². The van der Waals surface area contributed by atoms with Gasteiger partial charge in [0.1, 0.15) is 11.6 Å². The van der Waals surface area contributed by atoms with Crippen LogP contribution in [0.5, 0.6) is 5.75 Å². The second-order valence-electron chi connectivity index (χ2n) is 7.59. The molecule has 1 N–H and O–H groups in total. The minimum atomic E-state index is -0.239. The zero-order valence-electron chi connectivity index (χ0n) is 15.3. The summed E-state index contributed by atoms with van der Waals surface area (Å²) < 4.78 is 20.2. The third-order valence-electron chi connectivity index (χ3n) is 5.47. The Balaban J connectivity index is 2.15. The number of aliphatic hydroxyl groups excluding tert-OH is 1. The van der Waals surface area contributed by atoms with Crippen molar-refractivity contribution < 1.29 is 14.2 Å². The van der Waals surface area contributed by atoms with Crippen molar-refractivity contribution in [3.8, 4) is 16.9 Å². The predicted octanol–water partition coefficient (Wildman–Crippen LogP) is 5.68. The van der Waals surface area contributed by atoms with Gasteiger partial charge < -0.3 is 9.84 Å². The molecule has 1 fully saturated rings. The van der Waals surface area contributed by atoms with Crippen molar-refractivity contribution in [1.82, 2.24) is 0 Å². The van der Waals surface area contributed by atoms with Gasteiger partial charge >= 0.3 is 0 Å². The van der Waals surface area contributed by atoms with Crippen LogP contribution in [0.1, 0.15) is 57.1 Å². The van der Waals surface area contributed by atoms with Crippen molar-refractivity contribution in [2.75, 3.05) is 6.61 Å². The topological polar surface area (TPSA) is 29.5 Å². The third kappa shape index (κ3) is 3.57. The number of halogens is 1. The van der Waals surface area contributed by atoms with Gasteiger partial charge in [-0.25, -0.2) is 4.39 Å². The molecule has 1 aliphatic carbocycles. The molecule has 0 bridgehead atoms. The van der Waals surface area contributed by atoms with Crippen molar-refractivity contribution in [3.05, 3.63) is 53.3 Å². The molecule has 0 radical (unpaired) electrons. The number of benzene rings is 2. The molecule has 2 nitrogen and oxygen atoms in total. The number of aliphatic hydroxyl groups is 1. The monoisotopic (exact) mass is 342 g/mol. The first-order chi connectivity index (χ1) is 12.0. The zero-order chi connectivity index (χ0) is 18.0. The van der Waals surface area contributed by atoms with Crippen molar-refractivity contribution in [1.29, 1.82) is 0 Å². The summed E-state index contributed by atoms with van der Waals surface area (Å²) in [6, 6.07) is 10.8. The second kappa shape index (κ2) is 7.17. The van der Waals surface area contributed by atoms with Gasteiger partial charge in [0, 0.05) is 5.56 Å². The minimum Gasteiger partial charge on any atom is -0.494 e. The van der Waals surface area contributed by atoms with E-state index in [4.69, 9.17) is 4.74 Å². The highest BCUT2D eigenvalue weighted by Crippen LogP contribution is 2.51. The Hall–Kier alpha value is -1.87. The van der Waals surface area contributed by atoms with Crippen molar-refractivity contribution >= 4 is 0 Å². The van der Waals surface area contributed by atoms with Crippen LogP contribution in [0, 0.1) is 11.2 Å². The molecule has 2 aromatic carbocycles. The number of hydrogen-bond donors (Lipinski definition) is 1. The highest BCUT2D eigenvalue weighted by molar-refractivity contribution is 5.71. The summed E-state index contributed by atoms with van der Waals surface area (Å²) >= 11 is 0. The molecule has 2 aromatic rings. The lowest BCUT2D eigenvalue weighted by molar-refractivity contribution is 0.281. The van der Waals surface area contributed by atoms with Crippen LogP contribution in [0.3, 0.4) is 0 Å². The Bertz CT molecular complexity index is 752. The Morgan fingerprint density at radius 3 is 2.60 bits per heavy atom. The molecule has 1 atom stereocenters. The molecule has 0 amide bonds. The summed E-state index contributed by atoms with van der Waals surface area (Å²) in [6.45, 7) is 7.05. The van der Waals surface area contributed by atoms with Crippen LogP contribution in [0.15, 0.2) is 36.4 Å². The quantitative estimate of drug-likeness (QED) is 0.758. The van der Waals surface area contributed by atoms with Gasteiger partial charge in [-0.3, -0.25) is 0 Å². The molecule has 3 heteroatoms. The highest BCUT2D eigenvalue weighted by atomic mass is 19.1. The van der Waals surface area contributed by atoms with Crippen molar-refractivity contribution in [2.24, 2.45) is 5.41 Å². The first-order valence-electron chi connectivity index (χ1n) is 9.12. The Morgan fingerprint density at radius 2 is 1.96 bits per heavy atom. The molecule has 0 aromatic heterocycles. The lowest BCUT2D eigenvalue weighted by Gasteiger charge is -2.30. The molecule has 0 aliphatic heterocycles. The molecule has 1 saturated carbocycles. The molecule has 134 valence electrons. The Labute approximate surface area is 149 Å². The van der Waals surface area contributed by atoms with Gasteiger partial charge in [-0.2, -0.15) is 0 Å².